The van der Waals surface area contributed by atoms with Crippen molar-refractivity contribution < 1.29 is 0 Å². The number of aromatic nitrogens is 3. The molecule has 2 aliphatic rings. The van der Waals surface area contributed by atoms with Crippen LogP contribution >= 0.6 is 0 Å². The third-order valence-electron chi connectivity index (χ3n) is 9.98. The lowest BCUT2D eigenvalue weighted by Crippen LogP contribution is -2.17. The molecule has 5 heteroatoms. The number of allylic oxidation sites excluding steroid dienone is 3. The monoisotopic (exact) mass is 695 g/mol. The summed E-state index contributed by atoms with van der Waals surface area (Å²) in [6, 6.07) is 52.6. The van der Waals surface area contributed by atoms with Crippen LogP contribution in [0.4, 0.5) is 28.7 Å². The SMILES string of the molecule is C/C=C1/C=Cc2cc(-c3cccc4c3C=Cc3ccccc3N4c3nc(-c4ccccc4)nc(-c4ccccc4)n3)ccc2N(c2ccccc2)/C1=C/C. The van der Waals surface area contributed by atoms with Gasteiger partial charge in [-0.05, 0) is 78.1 Å². The van der Waals surface area contributed by atoms with Gasteiger partial charge in [0.25, 0.3) is 0 Å². The first kappa shape index (κ1) is 32.8. The van der Waals surface area contributed by atoms with Crippen molar-refractivity contribution in [1.82, 2.24) is 15.0 Å². The summed E-state index contributed by atoms with van der Waals surface area (Å²) in [7, 11) is 0. The van der Waals surface area contributed by atoms with Crippen molar-refractivity contribution in [2.45, 2.75) is 13.8 Å². The predicted molar refractivity (Wildman–Crippen MR) is 225 cm³/mol. The number of hydrogen-bond donors (Lipinski definition) is 0. The van der Waals surface area contributed by atoms with Crippen LogP contribution in [0.2, 0.25) is 0 Å². The maximum atomic E-state index is 5.18. The smallest absolute Gasteiger partial charge is 0.238 e. The van der Waals surface area contributed by atoms with Gasteiger partial charge in [0.15, 0.2) is 11.6 Å². The fourth-order valence-electron chi connectivity index (χ4n) is 7.40. The van der Waals surface area contributed by atoms with Gasteiger partial charge in [-0.1, -0.05) is 152 Å². The van der Waals surface area contributed by atoms with Crippen LogP contribution in [0.5, 0.6) is 0 Å². The molecule has 0 N–H and O–H groups in total. The van der Waals surface area contributed by atoms with Gasteiger partial charge in [0, 0.05) is 28.1 Å². The van der Waals surface area contributed by atoms with Crippen molar-refractivity contribution in [3.63, 3.8) is 0 Å². The fraction of sp³-hybridized carbons (Fsp3) is 0.0408. The zero-order valence-corrected chi connectivity index (χ0v) is 30.1. The van der Waals surface area contributed by atoms with Crippen LogP contribution in [0.25, 0.3) is 52.1 Å². The van der Waals surface area contributed by atoms with E-state index in [0.717, 1.165) is 67.4 Å². The molecular formula is C49H37N5. The van der Waals surface area contributed by atoms with Crippen molar-refractivity contribution in [2.75, 3.05) is 9.80 Å². The van der Waals surface area contributed by atoms with Crippen molar-refractivity contribution >= 4 is 46.9 Å². The Morgan fingerprint density at radius 1 is 0.444 bits per heavy atom. The second kappa shape index (κ2) is 14.1. The van der Waals surface area contributed by atoms with E-state index >= 15 is 0 Å². The molecule has 9 rings (SSSR count). The van der Waals surface area contributed by atoms with E-state index < -0.39 is 0 Å². The Kier molecular flexibility index (Phi) is 8.58. The number of anilines is 5. The molecule has 2 aliphatic heterocycles. The van der Waals surface area contributed by atoms with Crippen LogP contribution in [0.1, 0.15) is 30.5 Å². The number of benzene rings is 6. The lowest BCUT2D eigenvalue weighted by molar-refractivity contribution is 1.02. The maximum Gasteiger partial charge on any atom is 0.238 e. The number of rotatable bonds is 5. The second-order valence-corrected chi connectivity index (χ2v) is 13.2. The molecule has 0 saturated heterocycles. The van der Waals surface area contributed by atoms with Crippen LogP contribution in [0.3, 0.4) is 0 Å². The second-order valence-electron chi connectivity index (χ2n) is 13.2. The highest BCUT2D eigenvalue weighted by molar-refractivity contribution is 5.98. The summed E-state index contributed by atoms with van der Waals surface area (Å²) in [6.45, 7) is 4.21. The number of para-hydroxylation sites is 2. The van der Waals surface area contributed by atoms with E-state index in [1.807, 2.05) is 60.7 Å². The summed E-state index contributed by atoms with van der Waals surface area (Å²) >= 11 is 0. The van der Waals surface area contributed by atoms with Gasteiger partial charge >= 0.3 is 0 Å². The molecule has 6 aromatic carbocycles. The summed E-state index contributed by atoms with van der Waals surface area (Å²) in [6.07, 6.45) is 13.3. The molecular weight excluding hydrogens is 659 g/mol. The van der Waals surface area contributed by atoms with Gasteiger partial charge in [-0.15, -0.1) is 0 Å². The Morgan fingerprint density at radius 3 is 1.74 bits per heavy atom. The molecule has 0 bridgehead atoms. The Labute approximate surface area is 316 Å². The molecule has 0 fully saturated rings. The first-order valence-electron chi connectivity index (χ1n) is 18.3. The minimum atomic E-state index is 0.554. The molecule has 258 valence electrons. The van der Waals surface area contributed by atoms with Crippen LogP contribution < -0.4 is 9.80 Å². The third-order valence-corrected chi connectivity index (χ3v) is 9.98. The molecule has 0 spiro atoms. The molecule has 0 unspecified atom stereocenters. The number of fused-ring (bicyclic) bond motifs is 3. The minimum Gasteiger partial charge on any atom is -0.310 e. The fourth-order valence-corrected chi connectivity index (χ4v) is 7.40. The topological polar surface area (TPSA) is 45.2 Å². The van der Waals surface area contributed by atoms with E-state index in [4.69, 9.17) is 15.0 Å². The number of hydrogen-bond acceptors (Lipinski definition) is 5. The molecule has 0 amide bonds. The summed E-state index contributed by atoms with van der Waals surface area (Å²) in [5, 5.41) is 0. The Morgan fingerprint density at radius 2 is 1.06 bits per heavy atom. The molecule has 5 nitrogen and oxygen atoms in total. The summed E-state index contributed by atoms with van der Waals surface area (Å²) in [5.41, 5.74) is 13.9. The van der Waals surface area contributed by atoms with Gasteiger partial charge in [0.05, 0.1) is 17.1 Å². The Bertz CT molecular complexity index is 2560. The lowest BCUT2D eigenvalue weighted by Gasteiger charge is -2.29. The number of nitrogens with zero attached hydrogens (tertiary/aromatic N) is 5. The van der Waals surface area contributed by atoms with Gasteiger partial charge in [0.2, 0.25) is 5.95 Å². The summed E-state index contributed by atoms with van der Waals surface area (Å²) in [5.74, 6) is 1.79. The zero-order chi connectivity index (χ0) is 36.4. The highest BCUT2D eigenvalue weighted by Crippen LogP contribution is 2.46. The predicted octanol–water partition coefficient (Wildman–Crippen LogP) is 12.8. The first-order chi connectivity index (χ1) is 26.7. The molecule has 0 radical (unpaired) electrons. The molecule has 0 atom stereocenters. The van der Waals surface area contributed by atoms with Crippen LogP contribution in [-0.2, 0) is 0 Å². The molecule has 0 aliphatic carbocycles. The molecule has 7 aromatic rings. The highest BCUT2D eigenvalue weighted by atomic mass is 15.3. The average molecular weight is 696 g/mol. The molecule has 0 saturated carbocycles. The summed E-state index contributed by atoms with van der Waals surface area (Å²) in [4.78, 5) is 19.9. The Hall–Kier alpha value is -7.11. The van der Waals surface area contributed by atoms with E-state index in [2.05, 4.69) is 151 Å². The quantitative estimate of drug-likeness (QED) is 0.179. The lowest BCUT2D eigenvalue weighted by atomic mass is 9.95. The van der Waals surface area contributed by atoms with Crippen molar-refractivity contribution in [3.05, 3.63) is 198 Å². The zero-order valence-electron chi connectivity index (χ0n) is 30.1. The van der Waals surface area contributed by atoms with Crippen molar-refractivity contribution in [3.8, 4) is 33.9 Å². The Balaban J connectivity index is 1.24. The van der Waals surface area contributed by atoms with Gasteiger partial charge in [0.1, 0.15) is 0 Å². The molecule has 54 heavy (non-hydrogen) atoms. The molecule has 3 heterocycles. The maximum absolute atomic E-state index is 5.18. The van der Waals surface area contributed by atoms with Gasteiger partial charge < -0.3 is 4.90 Å². The van der Waals surface area contributed by atoms with Crippen LogP contribution in [0.15, 0.2) is 181 Å². The van der Waals surface area contributed by atoms with Gasteiger partial charge in [-0.25, -0.2) is 4.98 Å². The first-order valence-corrected chi connectivity index (χ1v) is 18.3. The van der Waals surface area contributed by atoms with Crippen molar-refractivity contribution in [2.24, 2.45) is 0 Å². The highest BCUT2D eigenvalue weighted by Gasteiger charge is 2.27. The standard InChI is InChI=1S/C49H37N5/c1-3-34-27-28-39-33-38(30-32-45(39)53(43(34)4-2)40-22-12-7-13-23-40)41-24-16-26-46-42(41)31-29-35-17-14-15-25-44(35)54(46)49-51-47(36-18-8-5-9-19-36)50-48(52-49)37-20-10-6-11-21-37/h3-33H,1-2H3/b34-3-,43-4+. The van der Waals surface area contributed by atoms with Crippen LogP contribution in [0, 0.1) is 0 Å². The van der Waals surface area contributed by atoms with E-state index in [9.17, 15) is 0 Å². The largest absolute Gasteiger partial charge is 0.310 e. The third kappa shape index (κ3) is 5.92. The van der Waals surface area contributed by atoms with E-state index in [1.54, 1.807) is 0 Å². The minimum absolute atomic E-state index is 0.554. The van der Waals surface area contributed by atoms with E-state index in [0.29, 0.717) is 17.6 Å². The normalized spacial score (nSPS) is 14.7. The van der Waals surface area contributed by atoms with Gasteiger partial charge in [-0.3, -0.25) is 4.90 Å². The average Bonchev–Trinajstić information content (AvgIpc) is 3.52. The summed E-state index contributed by atoms with van der Waals surface area (Å²) < 4.78 is 0. The molecule has 1 aromatic heterocycles. The van der Waals surface area contributed by atoms with Gasteiger partial charge in [-0.2, -0.15) is 9.97 Å². The van der Waals surface area contributed by atoms with Crippen molar-refractivity contribution in [1.29, 1.82) is 0 Å². The van der Waals surface area contributed by atoms with E-state index in [1.165, 1.54) is 5.57 Å². The van der Waals surface area contributed by atoms with Crippen LogP contribution in [-0.4, -0.2) is 15.0 Å². The van der Waals surface area contributed by atoms with E-state index in [-0.39, 0.29) is 0 Å².